The highest BCUT2D eigenvalue weighted by Gasteiger charge is 2.45. The second kappa shape index (κ2) is 21.3. The van der Waals surface area contributed by atoms with Crippen molar-refractivity contribution in [1.82, 2.24) is 0 Å². The van der Waals surface area contributed by atoms with Gasteiger partial charge in [-0.25, -0.2) is 0 Å². The lowest BCUT2D eigenvalue weighted by molar-refractivity contribution is -0.0490. The molecule has 1 aliphatic rings. The van der Waals surface area contributed by atoms with E-state index in [0.29, 0.717) is 66.3 Å². The SMILES string of the molecule is Brc1c(OCc2ccccc2)cc(OCc2ccccc2)c2c1O[C@H](c1ccc(OCc3ccccc3)c(OCc3ccccc3)c1)[C@@H](OCc1ccccc1)[C@H]2Sc1ccccc1. The quantitative estimate of drug-likeness (QED) is 0.0850. The molecule has 9 rings (SSSR count). The molecule has 8 heteroatoms. The van der Waals surface area contributed by atoms with Crippen molar-refractivity contribution in [1.29, 1.82) is 0 Å². The molecule has 1 aliphatic heterocycles. The minimum atomic E-state index is -0.609. The number of rotatable bonds is 18. The summed E-state index contributed by atoms with van der Waals surface area (Å²) in [7, 11) is 0. The first kappa shape index (κ1) is 42.8. The van der Waals surface area contributed by atoms with E-state index in [1.165, 1.54) is 0 Å². The van der Waals surface area contributed by atoms with Gasteiger partial charge >= 0.3 is 0 Å². The van der Waals surface area contributed by atoms with Crippen molar-refractivity contribution in [2.24, 2.45) is 0 Å². The van der Waals surface area contributed by atoms with E-state index in [9.17, 15) is 0 Å². The Hall–Kier alpha value is -6.45. The second-order valence-electron chi connectivity index (χ2n) is 15.4. The first-order valence-electron chi connectivity index (χ1n) is 21.4. The topological polar surface area (TPSA) is 55.4 Å². The van der Waals surface area contributed by atoms with E-state index >= 15 is 0 Å². The summed E-state index contributed by atoms with van der Waals surface area (Å²) < 4.78 is 41.8. The molecule has 8 aromatic carbocycles. The van der Waals surface area contributed by atoms with Gasteiger partial charge in [0.25, 0.3) is 0 Å². The van der Waals surface area contributed by atoms with Gasteiger partial charge in [0.1, 0.15) is 54.3 Å². The van der Waals surface area contributed by atoms with Crippen LogP contribution in [0.5, 0.6) is 28.7 Å². The van der Waals surface area contributed by atoms with E-state index in [4.69, 9.17) is 28.4 Å². The van der Waals surface area contributed by atoms with Crippen LogP contribution < -0.4 is 23.7 Å². The summed E-state index contributed by atoms with van der Waals surface area (Å²) in [6.45, 7) is 1.81. The minimum absolute atomic E-state index is 0.312. The number of thioether (sulfide) groups is 1. The molecule has 3 atom stereocenters. The van der Waals surface area contributed by atoms with Gasteiger partial charge in [-0.2, -0.15) is 0 Å². The van der Waals surface area contributed by atoms with Crippen LogP contribution >= 0.6 is 27.7 Å². The summed E-state index contributed by atoms with van der Waals surface area (Å²) in [6, 6.07) is 69.4. The summed E-state index contributed by atoms with van der Waals surface area (Å²) in [6.07, 6.45) is -1.12. The van der Waals surface area contributed by atoms with Crippen molar-refractivity contribution >= 4 is 27.7 Å². The smallest absolute Gasteiger partial charge is 0.162 e. The van der Waals surface area contributed by atoms with Crippen molar-refractivity contribution in [3.63, 3.8) is 0 Å². The molecule has 1 heterocycles. The first-order valence-corrected chi connectivity index (χ1v) is 23.0. The lowest BCUT2D eigenvalue weighted by atomic mass is 9.92. The number of hydrogen-bond acceptors (Lipinski definition) is 7. The summed E-state index contributed by atoms with van der Waals surface area (Å²) >= 11 is 5.73. The Morgan fingerprint density at radius 2 is 0.844 bits per heavy atom. The monoisotopic (exact) mass is 926 g/mol. The molecule has 0 saturated carbocycles. The standard InChI is InChI=1S/C56H47BrO6S/c57-52-50(61-38-43-25-13-4-14-26-43)34-49(60-37-42-23-11-3-12-24-42)51-54(52)63-53(55(62-39-44-27-15-5-16-28-44)56(51)64-46-29-17-6-18-30-46)45-31-32-47(58-35-40-19-7-1-8-20-40)48(33-45)59-36-41-21-9-2-10-22-41/h1-34,53,55-56H,35-39H2/t53-,55-,56+/m1/s1. The summed E-state index contributed by atoms with van der Waals surface area (Å²) in [4.78, 5) is 1.08. The lowest BCUT2D eigenvalue weighted by Gasteiger charge is -2.41. The molecule has 0 saturated heterocycles. The van der Waals surface area contributed by atoms with E-state index in [2.05, 4.69) is 107 Å². The Morgan fingerprint density at radius 3 is 1.34 bits per heavy atom. The molecule has 320 valence electrons. The van der Waals surface area contributed by atoms with Gasteiger partial charge < -0.3 is 28.4 Å². The molecule has 8 aromatic rings. The maximum absolute atomic E-state index is 7.35. The van der Waals surface area contributed by atoms with Crippen molar-refractivity contribution < 1.29 is 28.4 Å². The van der Waals surface area contributed by atoms with Crippen molar-refractivity contribution in [3.8, 4) is 28.7 Å². The number of fused-ring (bicyclic) bond motifs is 1. The van der Waals surface area contributed by atoms with Crippen LogP contribution in [0.1, 0.15) is 50.3 Å². The molecule has 0 aromatic heterocycles. The van der Waals surface area contributed by atoms with Gasteiger partial charge in [0.2, 0.25) is 0 Å². The fourth-order valence-corrected chi connectivity index (χ4v) is 9.41. The Labute approximate surface area is 387 Å². The molecular weight excluding hydrogens is 881 g/mol. The summed E-state index contributed by atoms with van der Waals surface area (Å²) in [5.41, 5.74) is 6.99. The average molecular weight is 928 g/mol. The minimum Gasteiger partial charge on any atom is -0.488 e. The molecule has 0 fully saturated rings. The van der Waals surface area contributed by atoms with E-state index in [1.807, 2.05) is 115 Å². The lowest BCUT2D eigenvalue weighted by Crippen LogP contribution is -2.36. The predicted octanol–water partition coefficient (Wildman–Crippen LogP) is 14.3. The Bertz CT molecular complexity index is 2690. The fraction of sp³-hybridized carbons (Fsp3) is 0.143. The molecular formula is C56H47BrO6S. The van der Waals surface area contributed by atoms with Crippen molar-refractivity contribution in [3.05, 3.63) is 250 Å². The first-order chi connectivity index (χ1) is 31.6. The van der Waals surface area contributed by atoms with Gasteiger partial charge in [-0.15, -0.1) is 11.8 Å². The highest BCUT2D eigenvalue weighted by Crippen LogP contribution is 2.58. The van der Waals surface area contributed by atoms with Crippen LogP contribution in [0.15, 0.2) is 216 Å². The highest BCUT2D eigenvalue weighted by molar-refractivity contribution is 9.10. The molecule has 6 nitrogen and oxygen atoms in total. The predicted molar refractivity (Wildman–Crippen MR) is 257 cm³/mol. The number of hydrogen-bond donors (Lipinski definition) is 0. The van der Waals surface area contributed by atoms with Crippen LogP contribution in [-0.4, -0.2) is 6.10 Å². The van der Waals surface area contributed by atoms with Gasteiger partial charge in [0.05, 0.1) is 17.4 Å². The number of ether oxygens (including phenoxy) is 6. The van der Waals surface area contributed by atoms with E-state index in [1.54, 1.807) is 11.8 Å². The molecule has 0 aliphatic carbocycles. The van der Waals surface area contributed by atoms with Crippen LogP contribution in [0.3, 0.4) is 0 Å². The van der Waals surface area contributed by atoms with Crippen LogP contribution in [-0.2, 0) is 37.8 Å². The zero-order chi connectivity index (χ0) is 43.3. The third kappa shape index (κ3) is 10.8. The van der Waals surface area contributed by atoms with Crippen LogP contribution in [0.2, 0.25) is 0 Å². The normalized spacial score (nSPS) is 15.4. The molecule has 0 unspecified atom stereocenters. The Balaban J connectivity index is 1.17. The molecule has 64 heavy (non-hydrogen) atoms. The maximum atomic E-state index is 7.35. The van der Waals surface area contributed by atoms with Crippen molar-refractivity contribution in [2.75, 3.05) is 0 Å². The van der Waals surface area contributed by atoms with E-state index in [-0.39, 0.29) is 5.25 Å². The largest absolute Gasteiger partial charge is 0.488 e. The second-order valence-corrected chi connectivity index (χ2v) is 17.4. The third-order valence-electron chi connectivity index (χ3n) is 10.9. The Kier molecular flexibility index (Phi) is 14.2. The van der Waals surface area contributed by atoms with Gasteiger partial charge in [-0.1, -0.05) is 176 Å². The van der Waals surface area contributed by atoms with Gasteiger partial charge in [-0.05, 0) is 73.6 Å². The molecule has 0 amide bonds. The number of halogens is 1. The maximum Gasteiger partial charge on any atom is 0.162 e. The molecule has 0 radical (unpaired) electrons. The van der Waals surface area contributed by atoms with Crippen LogP contribution in [0.4, 0.5) is 0 Å². The summed E-state index contributed by atoms with van der Waals surface area (Å²) in [5.74, 6) is 3.12. The third-order valence-corrected chi connectivity index (χ3v) is 12.9. The zero-order valence-electron chi connectivity index (χ0n) is 35.1. The fourth-order valence-electron chi connectivity index (χ4n) is 7.57. The highest BCUT2D eigenvalue weighted by atomic mass is 79.9. The summed E-state index contributed by atoms with van der Waals surface area (Å²) in [5, 5.41) is -0.312. The average Bonchev–Trinajstić information content (AvgIpc) is 3.36. The number of benzene rings is 8. The van der Waals surface area contributed by atoms with Gasteiger partial charge in [-0.3, -0.25) is 0 Å². The van der Waals surface area contributed by atoms with Crippen LogP contribution in [0, 0.1) is 0 Å². The Morgan fingerprint density at radius 1 is 0.422 bits per heavy atom. The van der Waals surface area contributed by atoms with E-state index < -0.39 is 12.2 Å². The van der Waals surface area contributed by atoms with Crippen LogP contribution in [0.25, 0.3) is 0 Å². The zero-order valence-corrected chi connectivity index (χ0v) is 37.5. The van der Waals surface area contributed by atoms with E-state index in [0.717, 1.165) is 43.8 Å². The van der Waals surface area contributed by atoms with Gasteiger partial charge in [0.15, 0.2) is 17.6 Å². The van der Waals surface area contributed by atoms with Gasteiger partial charge in [0, 0.05) is 11.0 Å². The molecule has 0 spiro atoms. The molecule has 0 bridgehead atoms. The molecule has 0 N–H and O–H groups in total. The van der Waals surface area contributed by atoms with Crippen molar-refractivity contribution in [2.45, 2.75) is 55.4 Å².